The molecule has 0 saturated carbocycles. The van der Waals surface area contributed by atoms with E-state index in [1.165, 1.54) is 0 Å². The third kappa shape index (κ3) is 5.44. The molecule has 0 atom stereocenters. The average Bonchev–Trinajstić information content (AvgIpc) is 4.15. The van der Waals surface area contributed by atoms with Crippen LogP contribution in [-0.4, -0.2) is 9.97 Å². The van der Waals surface area contributed by atoms with E-state index < -0.39 is 0 Å². The van der Waals surface area contributed by atoms with Crippen LogP contribution >= 0.6 is 0 Å². The smallest absolute Gasteiger partial charge is 0.144 e. The number of pyridine rings is 2. The Hall–Kier alpha value is -9.00. The number of nitrogens with zero attached hydrogens (tertiary/aromatic N) is 2. The number of fused-ring (bicyclic) bond motifs is 13. The van der Waals surface area contributed by atoms with Gasteiger partial charge >= 0.3 is 0 Å². The number of hydrogen-bond acceptors (Lipinski definition) is 6. The van der Waals surface area contributed by atoms with E-state index in [1.807, 2.05) is 73.7 Å². The van der Waals surface area contributed by atoms with Crippen molar-refractivity contribution in [2.45, 2.75) is 6.92 Å². The van der Waals surface area contributed by atoms with Gasteiger partial charge < -0.3 is 17.7 Å². The molecule has 0 aliphatic carbocycles. The van der Waals surface area contributed by atoms with E-state index in [-0.39, 0.29) is 0 Å². The number of hydrogen-bond donors (Lipinski definition) is 0. The Morgan fingerprint density at radius 2 is 0.776 bits per heavy atom. The van der Waals surface area contributed by atoms with Gasteiger partial charge in [-0.25, -0.2) is 9.97 Å². The molecule has 14 aromatic rings. The van der Waals surface area contributed by atoms with E-state index in [0.29, 0.717) is 0 Å². The highest BCUT2D eigenvalue weighted by Gasteiger charge is 2.25. The lowest BCUT2D eigenvalue weighted by Gasteiger charge is -2.16. The van der Waals surface area contributed by atoms with Crippen LogP contribution in [-0.2, 0) is 0 Å². The number of aromatic nitrogens is 2. The van der Waals surface area contributed by atoms with Gasteiger partial charge in [-0.2, -0.15) is 0 Å². The predicted octanol–water partition coefficient (Wildman–Crippen LogP) is 17.6. The van der Waals surface area contributed by atoms with Crippen LogP contribution in [0.5, 0.6) is 0 Å². The molecule has 6 heterocycles. The number of allylic oxidation sites excluding steroid dienone is 1. The Labute approximate surface area is 382 Å². The molecule has 0 amide bonds. The topological polar surface area (TPSA) is 78.3 Å². The fraction of sp³-hybridized carbons (Fsp3) is 0.0164. The molecule has 0 saturated heterocycles. The van der Waals surface area contributed by atoms with Crippen molar-refractivity contribution in [1.82, 2.24) is 9.97 Å². The van der Waals surface area contributed by atoms with Crippen molar-refractivity contribution in [3.63, 3.8) is 0 Å². The Bertz CT molecular complexity index is 4440. The zero-order valence-electron chi connectivity index (χ0n) is 36.1. The molecule has 0 aliphatic rings. The standard InChI is InChI=1S/C61H36N2O4/c1-3-15-50-36(4-2)40-19-13-25-46(60(40)64-50)56-48(44-23-11-20-41-37-16-5-8-27-51(37)65-58(41)44)32-34-30-31-35-33-49(45-24-12-21-42-38-17-6-9-28-52(38)66-59(42)45)57(63-55(35)54(34)62-56)47-26-14-22-43-39-18-7-10-29-53(39)67-61(43)47/h3-33H,2H2,1H3/b15-3-. The Morgan fingerprint density at radius 3 is 1.22 bits per heavy atom. The highest BCUT2D eigenvalue weighted by atomic mass is 16.3. The summed E-state index contributed by atoms with van der Waals surface area (Å²) in [7, 11) is 0. The molecule has 67 heavy (non-hydrogen) atoms. The van der Waals surface area contributed by atoms with Crippen molar-refractivity contribution in [3.8, 4) is 44.8 Å². The van der Waals surface area contributed by atoms with Crippen LogP contribution in [0.1, 0.15) is 18.2 Å². The number of benzene rings is 8. The highest BCUT2D eigenvalue weighted by molar-refractivity contribution is 6.17. The first-order valence-corrected chi connectivity index (χ1v) is 22.4. The highest BCUT2D eigenvalue weighted by Crippen LogP contribution is 2.47. The minimum absolute atomic E-state index is 0.724. The van der Waals surface area contributed by atoms with Gasteiger partial charge in [0, 0.05) is 87.4 Å². The largest absolute Gasteiger partial charge is 0.455 e. The molecule has 0 fully saturated rings. The first-order valence-electron chi connectivity index (χ1n) is 22.4. The second-order valence-corrected chi connectivity index (χ2v) is 17.1. The second kappa shape index (κ2) is 14.2. The van der Waals surface area contributed by atoms with Crippen LogP contribution < -0.4 is 0 Å². The van der Waals surface area contributed by atoms with Crippen LogP contribution in [0.2, 0.25) is 0 Å². The van der Waals surface area contributed by atoms with Gasteiger partial charge in [-0.3, -0.25) is 0 Å². The third-order valence-corrected chi connectivity index (χ3v) is 13.4. The first-order chi connectivity index (χ1) is 33.1. The van der Waals surface area contributed by atoms with E-state index in [4.69, 9.17) is 27.6 Å². The molecule has 6 heteroatoms. The van der Waals surface area contributed by atoms with Gasteiger partial charge in [-0.15, -0.1) is 0 Å². The summed E-state index contributed by atoms with van der Waals surface area (Å²) in [6.07, 6.45) is 5.83. The maximum Gasteiger partial charge on any atom is 0.144 e. The number of rotatable bonds is 6. The lowest BCUT2D eigenvalue weighted by atomic mass is 9.93. The number of para-hydroxylation sites is 7. The summed E-state index contributed by atoms with van der Waals surface area (Å²) >= 11 is 0. The monoisotopic (exact) mass is 860 g/mol. The van der Waals surface area contributed by atoms with Crippen LogP contribution in [0.15, 0.2) is 200 Å². The Kier molecular flexibility index (Phi) is 7.95. The van der Waals surface area contributed by atoms with Crippen LogP contribution in [0, 0.1) is 0 Å². The molecule has 6 aromatic heterocycles. The first kappa shape index (κ1) is 37.4. The Morgan fingerprint density at radius 1 is 0.388 bits per heavy atom. The van der Waals surface area contributed by atoms with E-state index in [9.17, 15) is 0 Å². The third-order valence-electron chi connectivity index (χ3n) is 13.4. The average molecular weight is 861 g/mol. The fourth-order valence-electron chi connectivity index (χ4n) is 10.4. The summed E-state index contributed by atoms with van der Waals surface area (Å²) in [5.41, 5.74) is 14.9. The maximum absolute atomic E-state index is 6.75. The van der Waals surface area contributed by atoms with Crippen molar-refractivity contribution < 1.29 is 17.7 Å². The lowest BCUT2D eigenvalue weighted by Crippen LogP contribution is -1.97. The van der Waals surface area contributed by atoms with Gasteiger partial charge in [0.25, 0.3) is 0 Å². The molecule has 8 aromatic carbocycles. The summed E-state index contributed by atoms with van der Waals surface area (Å²) in [5.74, 6) is 0.741. The van der Waals surface area contributed by atoms with Crippen molar-refractivity contribution in [2.75, 3.05) is 0 Å². The molecule has 0 spiro atoms. The van der Waals surface area contributed by atoms with Gasteiger partial charge in [-0.1, -0.05) is 146 Å². The zero-order chi connectivity index (χ0) is 44.3. The molecule has 0 radical (unpaired) electrons. The van der Waals surface area contributed by atoms with Crippen molar-refractivity contribution in [1.29, 1.82) is 0 Å². The van der Waals surface area contributed by atoms with E-state index in [0.717, 1.165) is 155 Å². The minimum Gasteiger partial charge on any atom is -0.455 e. The summed E-state index contributed by atoms with van der Waals surface area (Å²) in [5, 5.41) is 9.10. The molecule has 0 aliphatic heterocycles. The van der Waals surface area contributed by atoms with Crippen LogP contribution in [0.4, 0.5) is 0 Å². The second-order valence-electron chi connectivity index (χ2n) is 17.1. The zero-order valence-corrected chi connectivity index (χ0v) is 36.1. The van der Waals surface area contributed by atoms with E-state index in [2.05, 4.69) is 128 Å². The van der Waals surface area contributed by atoms with Crippen molar-refractivity contribution >= 4 is 111 Å². The van der Waals surface area contributed by atoms with Crippen LogP contribution in [0.3, 0.4) is 0 Å². The quantitative estimate of drug-likeness (QED) is 0.155. The Balaban J connectivity index is 1.11. The van der Waals surface area contributed by atoms with Crippen molar-refractivity contribution in [2.24, 2.45) is 0 Å². The molecular weight excluding hydrogens is 825 g/mol. The molecule has 0 N–H and O–H groups in total. The predicted molar refractivity (Wildman–Crippen MR) is 275 cm³/mol. The van der Waals surface area contributed by atoms with E-state index >= 15 is 0 Å². The summed E-state index contributed by atoms with van der Waals surface area (Å²) < 4.78 is 26.9. The molecule has 6 nitrogen and oxygen atoms in total. The van der Waals surface area contributed by atoms with Crippen molar-refractivity contribution in [3.05, 3.63) is 194 Å². The van der Waals surface area contributed by atoms with E-state index in [1.54, 1.807) is 0 Å². The van der Waals surface area contributed by atoms with Gasteiger partial charge in [0.2, 0.25) is 0 Å². The fourth-order valence-corrected chi connectivity index (χ4v) is 10.4. The number of furan rings is 4. The summed E-state index contributed by atoms with van der Waals surface area (Å²) in [6, 6.07) is 58.6. The summed E-state index contributed by atoms with van der Waals surface area (Å²) in [6.45, 7) is 6.16. The van der Waals surface area contributed by atoms with Gasteiger partial charge in [0.05, 0.1) is 22.4 Å². The SMILES string of the molecule is C=Cc1c(/C=C\C)oc2c(-c3nc4c(ccc5cc(-c6cccc7c6oc6ccccc67)c(-c6cccc7c6oc6ccccc67)nc54)cc3-c3cccc4c3oc3ccccc34)cccc12. The molecule has 0 bridgehead atoms. The van der Waals surface area contributed by atoms with Gasteiger partial charge in [0.1, 0.15) is 44.8 Å². The maximum atomic E-state index is 6.75. The van der Waals surface area contributed by atoms with Crippen LogP contribution in [0.25, 0.3) is 156 Å². The molecular formula is C61H36N2O4. The normalized spacial score (nSPS) is 12.3. The molecule has 0 unspecified atom stereocenters. The van der Waals surface area contributed by atoms with Gasteiger partial charge in [-0.05, 0) is 55.5 Å². The molecule has 14 rings (SSSR count). The lowest BCUT2D eigenvalue weighted by molar-refractivity contribution is 0.604. The summed E-state index contributed by atoms with van der Waals surface area (Å²) in [4.78, 5) is 11.5. The minimum atomic E-state index is 0.724. The molecule has 314 valence electrons. The van der Waals surface area contributed by atoms with Gasteiger partial charge in [0.15, 0.2) is 0 Å².